The van der Waals surface area contributed by atoms with Crippen LogP contribution in [0.3, 0.4) is 0 Å². The van der Waals surface area contributed by atoms with Crippen LogP contribution < -0.4 is 9.47 Å². The number of amides is 4. The molecule has 1 aliphatic carbocycles. The Balaban J connectivity index is 1.61. The van der Waals surface area contributed by atoms with Crippen molar-refractivity contribution < 1.29 is 23.9 Å². The van der Waals surface area contributed by atoms with Crippen molar-refractivity contribution >= 4 is 17.8 Å². The zero-order valence-corrected chi connectivity index (χ0v) is 13.6. The highest BCUT2D eigenvalue weighted by Crippen LogP contribution is 2.28. The van der Waals surface area contributed by atoms with E-state index in [1.165, 1.54) is 7.11 Å². The summed E-state index contributed by atoms with van der Waals surface area (Å²) in [6.45, 7) is 0.133. The molecule has 1 aliphatic heterocycles. The maximum Gasteiger partial charge on any atom is 0.334 e. The Morgan fingerprint density at radius 3 is 2.38 bits per heavy atom. The number of carbonyl (C=O) groups excluding carboxylic acids is 3. The van der Waals surface area contributed by atoms with Gasteiger partial charge in [-0.15, -0.1) is 0 Å². The summed E-state index contributed by atoms with van der Waals surface area (Å²) in [7, 11) is 1.54. The molecule has 7 heteroatoms. The van der Waals surface area contributed by atoms with Crippen LogP contribution >= 0.6 is 0 Å². The van der Waals surface area contributed by atoms with Crippen LogP contribution in [0.1, 0.15) is 25.7 Å². The van der Waals surface area contributed by atoms with Gasteiger partial charge < -0.3 is 9.47 Å². The minimum Gasteiger partial charge on any atom is -0.493 e. The molecule has 1 saturated heterocycles. The minimum atomic E-state index is -0.768. The van der Waals surface area contributed by atoms with E-state index in [2.05, 4.69) is 0 Å². The van der Waals surface area contributed by atoms with Crippen molar-refractivity contribution in [2.24, 2.45) is 0 Å². The second-order valence-electron chi connectivity index (χ2n) is 5.85. The monoisotopic (exact) mass is 332 g/mol. The van der Waals surface area contributed by atoms with Crippen molar-refractivity contribution in [1.82, 2.24) is 9.80 Å². The topological polar surface area (TPSA) is 76.2 Å². The number of methoxy groups -OCH3 is 1. The van der Waals surface area contributed by atoms with Crippen molar-refractivity contribution in [3.63, 3.8) is 0 Å². The number of rotatable bonds is 6. The summed E-state index contributed by atoms with van der Waals surface area (Å²) in [6.07, 6.45) is 3.51. The van der Waals surface area contributed by atoms with E-state index in [9.17, 15) is 14.4 Å². The van der Waals surface area contributed by atoms with Gasteiger partial charge >= 0.3 is 17.8 Å². The SMILES string of the molecule is COc1ccccc1OCCN1C(=O)C(=O)N(C2CCCC2)C1=O. The van der Waals surface area contributed by atoms with Crippen LogP contribution in [-0.2, 0) is 9.59 Å². The van der Waals surface area contributed by atoms with E-state index >= 15 is 0 Å². The molecule has 1 aromatic carbocycles. The number of imide groups is 2. The first-order valence-corrected chi connectivity index (χ1v) is 8.08. The third-order valence-corrected chi connectivity index (χ3v) is 4.42. The first-order valence-electron chi connectivity index (χ1n) is 8.08. The molecular formula is C17H20N2O5. The third kappa shape index (κ3) is 2.93. The number of ether oxygens (including phenoxy) is 2. The van der Waals surface area contributed by atoms with Gasteiger partial charge in [0, 0.05) is 6.04 Å². The molecular weight excluding hydrogens is 312 g/mol. The van der Waals surface area contributed by atoms with Gasteiger partial charge in [-0.3, -0.25) is 19.4 Å². The van der Waals surface area contributed by atoms with E-state index in [-0.39, 0.29) is 19.2 Å². The molecule has 0 bridgehead atoms. The van der Waals surface area contributed by atoms with Crippen molar-refractivity contribution in [2.45, 2.75) is 31.7 Å². The number of benzene rings is 1. The lowest BCUT2D eigenvalue weighted by Gasteiger charge is -2.21. The third-order valence-electron chi connectivity index (χ3n) is 4.42. The number of carbonyl (C=O) groups is 3. The highest BCUT2D eigenvalue weighted by Gasteiger charge is 2.47. The summed E-state index contributed by atoms with van der Waals surface area (Å²) in [4.78, 5) is 38.7. The molecule has 4 amide bonds. The van der Waals surface area contributed by atoms with Crippen LogP contribution in [0.25, 0.3) is 0 Å². The molecule has 2 fully saturated rings. The lowest BCUT2D eigenvalue weighted by Crippen LogP contribution is -2.40. The second kappa shape index (κ2) is 6.90. The fraction of sp³-hybridized carbons (Fsp3) is 0.471. The number of hydrogen-bond acceptors (Lipinski definition) is 5. The smallest absolute Gasteiger partial charge is 0.334 e. The largest absolute Gasteiger partial charge is 0.493 e. The highest BCUT2D eigenvalue weighted by atomic mass is 16.5. The average Bonchev–Trinajstić information content (AvgIpc) is 3.18. The minimum absolute atomic E-state index is 0.0324. The second-order valence-corrected chi connectivity index (χ2v) is 5.85. The van der Waals surface area contributed by atoms with E-state index < -0.39 is 17.8 Å². The Hall–Kier alpha value is -2.57. The van der Waals surface area contributed by atoms with Crippen LogP contribution in [0.4, 0.5) is 4.79 Å². The lowest BCUT2D eigenvalue weighted by atomic mass is 10.2. The highest BCUT2D eigenvalue weighted by molar-refractivity contribution is 6.44. The van der Waals surface area contributed by atoms with E-state index in [1.54, 1.807) is 18.2 Å². The Bertz CT molecular complexity index is 654. The lowest BCUT2D eigenvalue weighted by molar-refractivity contribution is -0.144. The Labute approximate surface area is 140 Å². The molecule has 1 heterocycles. The van der Waals surface area contributed by atoms with Gasteiger partial charge in [0.05, 0.1) is 13.7 Å². The molecule has 1 aromatic rings. The van der Waals surface area contributed by atoms with Gasteiger partial charge in [-0.25, -0.2) is 4.79 Å². The normalized spacial score (nSPS) is 18.6. The van der Waals surface area contributed by atoms with Gasteiger partial charge in [0.15, 0.2) is 11.5 Å². The fourth-order valence-corrected chi connectivity index (χ4v) is 3.19. The number of nitrogens with zero attached hydrogens (tertiary/aromatic N) is 2. The standard InChI is InChI=1S/C17H20N2O5/c1-23-13-8-4-5-9-14(13)24-11-10-18-15(20)16(21)19(17(18)22)12-6-2-3-7-12/h4-5,8-9,12H,2-3,6-7,10-11H2,1H3. The summed E-state index contributed by atoms with van der Waals surface area (Å²) in [6, 6.07) is 6.44. The first kappa shape index (κ1) is 16.3. The van der Waals surface area contributed by atoms with E-state index in [0.29, 0.717) is 11.5 Å². The predicted molar refractivity (Wildman–Crippen MR) is 84.7 cm³/mol. The maximum absolute atomic E-state index is 12.4. The summed E-state index contributed by atoms with van der Waals surface area (Å²) >= 11 is 0. The van der Waals surface area contributed by atoms with Crippen LogP contribution in [0, 0.1) is 0 Å². The fourth-order valence-electron chi connectivity index (χ4n) is 3.19. The van der Waals surface area contributed by atoms with Crippen LogP contribution in [-0.4, -0.2) is 53.9 Å². The van der Waals surface area contributed by atoms with Gasteiger partial charge in [0.2, 0.25) is 0 Å². The van der Waals surface area contributed by atoms with Gasteiger partial charge in [0.25, 0.3) is 0 Å². The quantitative estimate of drug-likeness (QED) is 0.586. The average molecular weight is 332 g/mol. The molecule has 0 unspecified atom stereocenters. The van der Waals surface area contributed by atoms with Crippen molar-refractivity contribution in [3.05, 3.63) is 24.3 Å². The summed E-state index contributed by atoms with van der Waals surface area (Å²) in [5.74, 6) is -0.391. The zero-order valence-electron chi connectivity index (χ0n) is 13.6. The van der Waals surface area contributed by atoms with Gasteiger partial charge in [-0.2, -0.15) is 0 Å². The van der Waals surface area contributed by atoms with Crippen molar-refractivity contribution in [1.29, 1.82) is 0 Å². The summed E-state index contributed by atoms with van der Waals surface area (Å²) < 4.78 is 10.8. The number of para-hydroxylation sites is 2. The summed E-state index contributed by atoms with van der Waals surface area (Å²) in [5.41, 5.74) is 0. The Morgan fingerprint density at radius 2 is 1.71 bits per heavy atom. The first-order chi connectivity index (χ1) is 11.6. The molecule has 7 nitrogen and oxygen atoms in total. The molecule has 1 saturated carbocycles. The van der Waals surface area contributed by atoms with Gasteiger partial charge in [0.1, 0.15) is 6.61 Å². The predicted octanol–water partition coefficient (Wildman–Crippen LogP) is 1.81. The molecule has 0 atom stereocenters. The van der Waals surface area contributed by atoms with Crippen LogP contribution in [0.15, 0.2) is 24.3 Å². The van der Waals surface area contributed by atoms with Crippen LogP contribution in [0.5, 0.6) is 11.5 Å². The molecule has 0 aromatic heterocycles. The van der Waals surface area contributed by atoms with E-state index in [4.69, 9.17) is 9.47 Å². The maximum atomic E-state index is 12.4. The van der Waals surface area contributed by atoms with Crippen molar-refractivity contribution in [3.8, 4) is 11.5 Å². The molecule has 0 spiro atoms. The van der Waals surface area contributed by atoms with Gasteiger partial charge in [-0.05, 0) is 25.0 Å². The van der Waals surface area contributed by atoms with Crippen molar-refractivity contribution in [2.75, 3.05) is 20.3 Å². The number of hydrogen-bond donors (Lipinski definition) is 0. The van der Waals surface area contributed by atoms with E-state index in [1.807, 2.05) is 6.07 Å². The Kier molecular flexibility index (Phi) is 4.69. The molecule has 24 heavy (non-hydrogen) atoms. The molecule has 0 N–H and O–H groups in total. The summed E-state index contributed by atoms with van der Waals surface area (Å²) in [5, 5.41) is 0. The number of urea groups is 1. The molecule has 128 valence electrons. The van der Waals surface area contributed by atoms with Crippen LogP contribution in [0.2, 0.25) is 0 Å². The zero-order chi connectivity index (χ0) is 17.1. The van der Waals surface area contributed by atoms with Gasteiger partial charge in [-0.1, -0.05) is 25.0 Å². The van der Waals surface area contributed by atoms with E-state index in [0.717, 1.165) is 35.5 Å². The molecule has 0 radical (unpaired) electrons. The Morgan fingerprint density at radius 1 is 1.04 bits per heavy atom. The molecule has 3 rings (SSSR count). The molecule has 2 aliphatic rings.